The minimum absolute atomic E-state index is 0.0401. The second kappa shape index (κ2) is 9.40. The van der Waals surface area contributed by atoms with Crippen molar-refractivity contribution in [1.29, 1.82) is 0 Å². The highest BCUT2D eigenvalue weighted by molar-refractivity contribution is 5.93. The molecular formula is C26H27N3O6. The van der Waals surface area contributed by atoms with Crippen molar-refractivity contribution in [3.05, 3.63) is 59.7 Å². The van der Waals surface area contributed by atoms with Gasteiger partial charge in [0.05, 0.1) is 6.42 Å². The van der Waals surface area contributed by atoms with Crippen LogP contribution in [0.5, 0.6) is 0 Å². The van der Waals surface area contributed by atoms with Crippen LogP contribution in [0.1, 0.15) is 42.7 Å². The topological polar surface area (TPSA) is 125 Å². The molecule has 1 saturated carbocycles. The van der Waals surface area contributed by atoms with Gasteiger partial charge in [-0.1, -0.05) is 48.5 Å². The molecule has 5 rings (SSSR count). The summed E-state index contributed by atoms with van der Waals surface area (Å²) in [5, 5.41) is 13.0. The van der Waals surface area contributed by atoms with Gasteiger partial charge < -0.3 is 15.2 Å². The Morgan fingerprint density at radius 2 is 1.69 bits per heavy atom. The van der Waals surface area contributed by atoms with Gasteiger partial charge in [-0.3, -0.25) is 15.0 Å². The molecule has 2 fully saturated rings. The van der Waals surface area contributed by atoms with Crippen molar-refractivity contribution in [3.8, 4) is 11.1 Å². The van der Waals surface area contributed by atoms with Gasteiger partial charge >= 0.3 is 12.1 Å². The third-order valence-corrected chi connectivity index (χ3v) is 7.07. The predicted molar refractivity (Wildman–Crippen MR) is 125 cm³/mol. The largest absolute Gasteiger partial charge is 0.480 e. The van der Waals surface area contributed by atoms with E-state index in [1.807, 2.05) is 24.3 Å². The van der Waals surface area contributed by atoms with Crippen molar-refractivity contribution in [2.75, 3.05) is 13.2 Å². The van der Waals surface area contributed by atoms with Crippen LogP contribution in [-0.2, 0) is 19.1 Å². The summed E-state index contributed by atoms with van der Waals surface area (Å²) in [7, 11) is 0. The number of carboxylic acids is 1. The van der Waals surface area contributed by atoms with Crippen LogP contribution in [-0.4, -0.2) is 53.2 Å². The number of rotatable bonds is 8. The number of hydrogen-bond donors (Lipinski definition) is 3. The van der Waals surface area contributed by atoms with E-state index in [9.17, 15) is 24.3 Å². The number of benzene rings is 2. The second-order valence-corrected chi connectivity index (χ2v) is 9.36. The number of nitrogens with one attached hydrogen (secondary N) is 2. The molecule has 3 N–H and O–H groups in total. The predicted octanol–water partition coefficient (Wildman–Crippen LogP) is 2.66. The third-order valence-electron chi connectivity index (χ3n) is 7.07. The Hall–Kier alpha value is -3.88. The number of aliphatic carboxylic acids is 1. The smallest absolute Gasteiger partial charge is 0.407 e. The average molecular weight is 478 g/mol. The van der Waals surface area contributed by atoms with E-state index in [0.29, 0.717) is 0 Å². The summed E-state index contributed by atoms with van der Waals surface area (Å²) in [6.07, 6.45) is 1.12. The maximum absolute atomic E-state index is 12.7. The summed E-state index contributed by atoms with van der Waals surface area (Å²) in [5.41, 5.74) is 6.89. The van der Waals surface area contributed by atoms with E-state index >= 15 is 0 Å². The Morgan fingerprint density at radius 1 is 1.06 bits per heavy atom. The highest BCUT2D eigenvalue weighted by Crippen LogP contribution is 2.44. The van der Waals surface area contributed by atoms with Crippen molar-refractivity contribution in [2.45, 2.75) is 37.6 Å². The molecule has 2 atom stereocenters. The number of hydrogen-bond acceptors (Lipinski definition) is 5. The van der Waals surface area contributed by atoms with Gasteiger partial charge in [-0.2, -0.15) is 0 Å². The van der Waals surface area contributed by atoms with E-state index in [4.69, 9.17) is 4.74 Å². The summed E-state index contributed by atoms with van der Waals surface area (Å²) in [5.74, 6) is -2.11. The molecule has 1 saturated heterocycles. The minimum atomic E-state index is -1.23. The van der Waals surface area contributed by atoms with Gasteiger partial charge in [-0.05, 0) is 46.9 Å². The van der Waals surface area contributed by atoms with E-state index in [1.54, 1.807) is 0 Å². The molecule has 1 aliphatic heterocycles. The standard InChI is InChI=1S/C26H27N3O6/c30-23-12-22(25(32)33)29(28-23)24(31)11-16(15-9-10-15)13-27-26(34)35-14-21-19-7-3-1-5-17(19)18-6-2-4-8-20(18)21/h1-8,15-16,21-22H,9-14H2,(H,27,34)(H,28,30)(H,32,33). The van der Waals surface area contributed by atoms with Crippen LogP contribution >= 0.6 is 0 Å². The number of carbonyl (C=O) groups excluding carboxylic acids is 3. The van der Waals surface area contributed by atoms with Gasteiger partial charge in [0, 0.05) is 18.9 Å². The van der Waals surface area contributed by atoms with E-state index in [2.05, 4.69) is 35.0 Å². The SMILES string of the molecule is O=C1CC(C(=O)O)N(C(=O)CC(CNC(=O)OCC2c3ccccc3-c3ccccc32)C2CC2)N1. The fraction of sp³-hybridized carbons (Fsp3) is 0.385. The molecule has 182 valence electrons. The number of ether oxygens (including phenoxy) is 1. The van der Waals surface area contributed by atoms with Gasteiger partial charge in [-0.25, -0.2) is 14.6 Å². The second-order valence-electron chi connectivity index (χ2n) is 9.36. The van der Waals surface area contributed by atoms with Crippen LogP contribution in [0, 0.1) is 11.8 Å². The van der Waals surface area contributed by atoms with Crippen molar-refractivity contribution >= 4 is 23.9 Å². The first-order chi connectivity index (χ1) is 16.9. The zero-order valence-electron chi connectivity index (χ0n) is 19.1. The van der Waals surface area contributed by atoms with Crippen LogP contribution < -0.4 is 10.7 Å². The molecule has 0 aromatic heterocycles. The zero-order chi connectivity index (χ0) is 24.5. The molecule has 35 heavy (non-hydrogen) atoms. The van der Waals surface area contributed by atoms with Gasteiger partial charge in [0.15, 0.2) is 6.04 Å². The highest BCUT2D eigenvalue weighted by Gasteiger charge is 2.41. The minimum Gasteiger partial charge on any atom is -0.480 e. The fourth-order valence-electron chi connectivity index (χ4n) is 5.12. The summed E-state index contributed by atoms with van der Waals surface area (Å²) in [6.45, 7) is 0.444. The number of fused-ring (bicyclic) bond motifs is 3. The molecule has 2 aromatic rings. The molecule has 0 radical (unpaired) electrons. The molecule has 9 nitrogen and oxygen atoms in total. The van der Waals surface area contributed by atoms with Gasteiger partial charge in [-0.15, -0.1) is 0 Å². The van der Waals surface area contributed by atoms with Crippen molar-refractivity contribution in [1.82, 2.24) is 15.8 Å². The van der Waals surface area contributed by atoms with E-state index in [1.165, 1.54) is 0 Å². The van der Waals surface area contributed by atoms with Crippen molar-refractivity contribution < 1.29 is 29.0 Å². The first-order valence-electron chi connectivity index (χ1n) is 11.9. The highest BCUT2D eigenvalue weighted by atomic mass is 16.5. The van der Waals surface area contributed by atoms with E-state index in [0.717, 1.165) is 40.1 Å². The van der Waals surface area contributed by atoms with E-state index in [-0.39, 0.29) is 43.7 Å². The number of nitrogens with zero attached hydrogens (tertiary/aromatic N) is 1. The van der Waals surface area contributed by atoms with Gasteiger partial charge in [0.1, 0.15) is 6.61 Å². The summed E-state index contributed by atoms with van der Waals surface area (Å²) in [6, 6.07) is 15.0. The Bertz CT molecular complexity index is 1130. The lowest BCUT2D eigenvalue weighted by Crippen LogP contribution is -2.47. The molecule has 0 bridgehead atoms. The Morgan fingerprint density at radius 3 is 2.29 bits per heavy atom. The van der Waals surface area contributed by atoms with Crippen LogP contribution in [0.15, 0.2) is 48.5 Å². The lowest BCUT2D eigenvalue weighted by Gasteiger charge is -2.24. The Labute approximate surface area is 202 Å². The monoisotopic (exact) mass is 477 g/mol. The molecule has 3 amide bonds. The molecule has 1 heterocycles. The van der Waals surface area contributed by atoms with Crippen LogP contribution in [0.2, 0.25) is 0 Å². The number of carbonyl (C=O) groups is 4. The average Bonchev–Trinajstić information content (AvgIpc) is 3.55. The number of alkyl carbamates (subject to hydrolysis) is 1. The number of hydrazine groups is 1. The Balaban J connectivity index is 1.17. The Kier molecular flexibility index (Phi) is 6.15. The molecule has 2 unspecified atom stereocenters. The molecular weight excluding hydrogens is 450 g/mol. The third kappa shape index (κ3) is 4.71. The molecule has 2 aromatic carbocycles. The first kappa shape index (κ1) is 22.9. The van der Waals surface area contributed by atoms with Crippen molar-refractivity contribution in [3.63, 3.8) is 0 Å². The maximum Gasteiger partial charge on any atom is 0.407 e. The zero-order valence-corrected chi connectivity index (χ0v) is 19.1. The summed E-state index contributed by atoms with van der Waals surface area (Å²) >= 11 is 0. The lowest BCUT2D eigenvalue weighted by atomic mass is 9.98. The van der Waals surface area contributed by atoms with Crippen molar-refractivity contribution in [2.24, 2.45) is 11.8 Å². The molecule has 2 aliphatic carbocycles. The molecule has 0 spiro atoms. The quantitative estimate of drug-likeness (QED) is 0.537. The maximum atomic E-state index is 12.7. The fourth-order valence-corrected chi connectivity index (χ4v) is 5.12. The first-order valence-corrected chi connectivity index (χ1v) is 11.9. The van der Waals surface area contributed by atoms with E-state index < -0.39 is 29.9 Å². The van der Waals surface area contributed by atoms with Crippen LogP contribution in [0.25, 0.3) is 11.1 Å². The van der Waals surface area contributed by atoms with Gasteiger partial charge in [0.25, 0.3) is 0 Å². The number of amides is 3. The van der Waals surface area contributed by atoms with Crippen LogP contribution in [0.4, 0.5) is 4.79 Å². The van der Waals surface area contributed by atoms with Gasteiger partial charge in [0.2, 0.25) is 11.8 Å². The molecule has 3 aliphatic rings. The normalized spacial score (nSPS) is 19.5. The van der Waals surface area contributed by atoms with Crippen LogP contribution in [0.3, 0.4) is 0 Å². The summed E-state index contributed by atoms with van der Waals surface area (Å²) < 4.78 is 5.58. The lowest BCUT2D eigenvalue weighted by molar-refractivity contribution is -0.151. The molecule has 9 heteroatoms. The summed E-state index contributed by atoms with van der Waals surface area (Å²) in [4.78, 5) is 48.3. The number of carboxylic acid groups (broad SMARTS) is 1.